The van der Waals surface area contributed by atoms with Gasteiger partial charge in [-0.05, 0) is 20.8 Å². The molecule has 0 spiro atoms. The molecule has 2 nitrogen and oxygen atoms in total. The molecule has 0 aliphatic heterocycles. The van der Waals surface area contributed by atoms with E-state index in [4.69, 9.17) is 0 Å². The Morgan fingerprint density at radius 1 is 0.941 bits per heavy atom. The summed E-state index contributed by atoms with van der Waals surface area (Å²) in [5.74, 6) is -0.333. The van der Waals surface area contributed by atoms with Crippen molar-refractivity contribution >= 4 is 5.91 Å². The molecule has 0 heterocycles. The van der Waals surface area contributed by atoms with Crippen molar-refractivity contribution in [1.29, 1.82) is 0 Å². The summed E-state index contributed by atoms with van der Waals surface area (Å²) in [6, 6.07) is 6.56. The molecule has 98 valence electrons. The molecule has 0 radical (unpaired) electrons. The predicted octanol–water partition coefficient (Wildman–Crippen LogP) is 3.91. The summed E-state index contributed by atoms with van der Waals surface area (Å²) in [7, 11) is 0. The lowest BCUT2D eigenvalue weighted by atomic mass is 10.1. The van der Waals surface area contributed by atoms with Crippen LogP contribution in [-0.2, 0) is 4.79 Å². The summed E-state index contributed by atoms with van der Waals surface area (Å²) in [5.41, 5.74) is 8.53. The van der Waals surface area contributed by atoms with Gasteiger partial charge in [-0.25, -0.2) is 0 Å². The maximum Gasteiger partial charge on any atom is 0.214 e. The summed E-state index contributed by atoms with van der Waals surface area (Å²) < 4.78 is 0. The third-order valence-corrected chi connectivity index (χ3v) is 1.87. The zero-order chi connectivity index (χ0) is 13.8. The van der Waals surface area contributed by atoms with Crippen molar-refractivity contribution < 1.29 is 4.79 Å². The molecular formula is C15H27NO. The Hall–Kier alpha value is -1.31. The van der Waals surface area contributed by atoms with Gasteiger partial charge in [0, 0.05) is 6.92 Å². The number of aryl methyl sites for hydroxylation is 3. The largest absolute Gasteiger partial charge is 0.370 e. The molecule has 0 aliphatic carbocycles. The summed E-state index contributed by atoms with van der Waals surface area (Å²) in [5, 5.41) is 0. The molecule has 1 aromatic carbocycles. The highest BCUT2D eigenvalue weighted by Gasteiger charge is 1.87. The van der Waals surface area contributed by atoms with Crippen LogP contribution >= 0.6 is 0 Å². The Kier molecular flexibility index (Phi) is 11.9. The van der Waals surface area contributed by atoms with Gasteiger partial charge in [0.1, 0.15) is 0 Å². The first kappa shape index (κ1) is 18.1. The minimum Gasteiger partial charge on any atom is -0.370 e. The number of unbranched alkanes of at least 4 members (excludes halogenated alkanes) is 1. The monoisotopic (exact) mass is 237 g/mol. The Morgan fingerprint density at radius 2 is 1.12 bits per heavy atom. The number of amides is 1. The predicted molar refractivity (Wildman–Crippen MR) is 76.1 cm³/mol. The van der Waals surface area contributed by atoms with Crippen molar-refractivity contribution in [2.45, 2.75) is 54.4 Å². The number of rotatable bonds is 1. The Morgan fingerprint density at radius 3 is 1.24 bits per heavy atom. The average Bonchev–Trinajstić information content (AvgIpc) is 2.15. The molecule has 2 heteroatoms. The molecule has 1 rings (SSSR count). The third-order valence-electron chi connectivity index (χ3n) is 1.87. The smallest absolute Gasteiger partial charge is 0.214 e. The van der Waals surface area contributed by atoms with Crippen molar-refractivity contribution in [3.63, 3.8) is 0 Å². The quantitative estimate of drug-likeness (QED) is 0.790. The summed E-state index contributed by atoms with van der Waals surface area (Å²) in [6.07, 6.45) is 2.64. The molecule has 1 amide bonds. The highest BCUT2D eigenvalue weighted by Crippen LogP contribution is 2.06. The first-order valence-corrected chi connectivity index (χ1v) is 6.14. The SMILES string of the molecule is CC(N)=O.CCCC.Cc1cc(C)cc(C)c1. The van der Waals surface area contributed by atoms with Gasteiger partial charge in [-0.3, -0.25) is 4.79 Å². The molecular weight excluding hydrogens is 210 g/mol. The van der Waals surface area contributed by atoms with Crippen LogP contribution in [-0.4, -0.2) is 5.91 Å². The number of benzene rings is 1. The zero-order valence-corrected chi connectivity index (χ0v) is 12.1. The van der Waals surface area contributed by atoms with Crippen LogP contribution in [0.2, 0.25) is 0 Å². The maximum absolute atomic E-state index is 9.22. The van der Waals surface area contributed by atoms with E-state index in [9.17, 15) is 4.79 Å². The second kappa shape index (κ2) is 11.2. The number of carbonyl (C=O) groups is 1. The van der Waals surface area contributed by atoms with Gasteiger partial charge in [0.2, 0.25) is 5.91 Å². The minimum absolute atomic E-state index is 0.333. The molecule has 0 saturated carbocycles. The van der Waals surface area contributed by atoms with Gasteiger partial charge in [-0.2, -0.15) is 0 Å². The third kappa shape index (κ3) is 17.3. The fourth-order valence-corrected chi connectivity index (χ4v) is 1.20. The number of primary amides is 1. The van der Waals surface area contributed by atoms with Crippen LogP contribution < -0.4 is 5.73 Å². The Labute approximate surface area is 106 Å². The fourth-order valence-electron chi connectivity index (χ4n) is 1.20. The Bertz CT molecular complexity index is 262. The van der Waals surface area contributed by atoms with Gasteiger partial charge in [0.05, 0.1) is 0 Å². The molecule has 1 aromatic rings. The molecule has 0 unspecified atom stereocenters. The highest BCUT2D eigenvalue weighted by atomic mass is 16.1. The molecule has 0 atom stereocenters. The second-order valence-electron chi connectivity index (χ2n) is 4.28. The van der Waals surface area contributed by atoms with Gasteiger partial charge in [0.25, 0.3) is 0 Å². The topological polar surface area (TPSA) is 43.1 Å². The van der Waals surface area contributed by atoms with E-state index >= 15 is 0 Å². The molecule has 0 fully saturated rings. The first-order chi connectivity index (χ1) is 7.83. The lowest BCUT2D eigenvalue weighted by Crippen LogP contribution is -2.01. The van der Waals surface area contributed by atoms with E-state index in [-0.39, 0.29) is 5.91 Å². The van der Waals surface area contributed by atoms with Crippen molar-refractivity contribution in [1.82, 2.24) is 0 Å². The van der Waals surface area contributed by atoms with E-state index in [1.807, 2.05) is 0 Å². The highest BCUT2D eigenvalue weighted by molar-refractivity contribution is 5.70. The summed E-state index contributed by atoms with van der Waals surface area (Å²) >= 11 is 0. The van der Waals surface area contributed by atoms with Crippen LogP contribution in [0.4, 0.5) is 0 Å². The van der Waals surface area contributed by atoms with Crippen LogP contribution in [0.25, 0.3) is 0 Å². The molecule has 0 aliphatic rings. The lowest BCUT2D eigenvalue weighted by Gasteiger charge is -1.96. The number of carbonyl (C=O) groups excluding carboxylic acids is 1. The van der Waals surface area contributed by atoms with E-state index in [0.29, 0.717) is 0 Å². The standard InChI is InChI=1S/C9H12.C4H10.C2H5NO/c1-7-4-8(2)6-9(3)5-7;1-3-4-2;1-2(3)4/h4-6H,1-3H3;3-4H2,1-2H3;1H3,(H2,3,4). The van der Waals surface area contributed by atoms with E-state index in [0.717, 1.165) is 0 Å². The average molecular weight is 237 g/mol. The van der Waals surface area contributed by atoms with Gasteiger partial charge >= 0.3 is 0 Å². The van der Waals surface area contributed by atoms with Crippen molar-refractivity contribution in [2.24, 2.45) is 5.73 Å². The van der Waals surface area contributed by atoms with Gasteiger partial charge < -0.3 is 5.73 Å². The summed E-state index contributed by atoms with van der Waals surface area (Å²) in [6.45, 7) is 12.0. The molecule has 0 saturated heterocycles. The van der Waals surface area contributed by atoms with Crippen molar-refractivity contribution in [2.75, 3.05) is 0 Å². The van der Waals surface area contributed by atoms with Gasteiger partial charge in [0.15, 0.2) is 0 Å². The maximum atomic E-state index is 9.22. The van der Waals surface area contributed by atoms with E-state index < -0.39 is 0 Å². The van der Waals surface area contributed by atoms with Crippen molar-refractivity contribution in [3.8, 4) is 0 Å². The second-order valence-corrected chi connectivity index (χ2v) is 4.28. The first-order valence-electron chi connectivity index (χ1n) is 6.14. The molecule has 0 aromatic heterocycles. The van der Waals surface area contributed by atoms with E-state index in [2.05, 4.69) is 58.6 Å². The van der Waals surface area contributed by atoms with Crippen LogP contribution in [0.1, 0.15) is 50.3 Å². The van der Waals surface area contributed by atoms with E-state index in [1.165, 1.54) is 36.5 Å². The normalized spacial score (nSPS) is 8.35. The summed E-state index contributed by atoms with van der Waals surface area (Å²) in [4.78, 5) is 9.22. The zero-order valence-electron chi connectivity index (χ0n) is 12.1. The number of hydrogen-bond acceptors (Lipinski definition) is 1. The molecule has 2 N–H and O–H groups in total. The number of nitrogens with two attached hydrogens (primary N) is 1. The Balaban J connectivity index is 0. The van der Waals surface area contributed by atoms with Crippen molar-refractivity contribution in [3.05, 3.63) is 34.9 Å². The lowest BCUT2D eigenvalue weighted by molar-refractivity contribution is -0.115. The fraction of sp³-hybridized carbons (Fsp3) is 0.533. The van der Waals surface area contributed by atoms with Crippen LogP contribution in [0.3, 0.4) is 0 Å². The van der Waals surface area contributed by atoms with E-state index in [1.54, 1.807) is 0 Å². The van der Waals surface area contributed by atoms with Crippen LogP contribution in [0, 0.1) is 20.8 Å². The van der Waals surface area contributed by atoms with Crippen LogP contribution in [0.15, 0.2) is 18.2 Å². The van der Waals surface area contributed by atoms with Gasteiger partial charge in [-0.15, -0.1) is 0 Å². The molecule has 17 heavy (non-hydrogen) atoms. The van der Waals surface area contributed by atoms with Gasteiger partial charge in [-0.1, -0.05) is 61.6 Å². The molecule has 0 bridgehead atoms. The minimum atomic E-state index is -0.333. The number of hydrogen-bond donors (Lipinski definition) is 1. The van der Waals surface area contributed by atoms with Crippen LogP contribution in [0.5, 0.6) is 0 Å².